The van der Waals surface area contributed by atoms with Crippen molar-refractivity contribution < 1.29 is 9.53 Å². The van der Waals surface area contributed by atoms with Crippen molar-refractivity contribution in [3.05, 3.63) is 29.5 Å². The predicted molar refractivity (Wildman–Crippen MR) is 49.5 cm³/mol. The van der Waals surface area contributed by atoms with Gasteiger partial charge < -0.3 is 15.0 Å². The molecule has 4 nitrogen and oxygen atoms in total. The summed E-state index contributed by atoms with van der Waals surface area (Å²) >= 11 is 0. The van der Waals surface area contributed by atoms with Crippen LogP contribution in [0.5, 0.6) is 5.75 Å². The molecule has 0 heterocycles. The van der Waals surface area contributed by atoms with Gasteiger partial charge in [-0.05, 0) is 31.3 Å². The van der Waals surface area contributed by atoms with Gasteiger partial charge in [-0.15, -0.1) is 0 Å². The quantitative estimate of drug-likeness (QED) is 0.393. The number of carbonyl (C=O) groups excluding carboxylic acids is 1. The molecule has 0 fully saturated rings. The van der Waals surface area contributed by atoms with Crippen molar-refractivity contribution in [2.24, 2.45) is 0 Å². The fraction of sp³-hybridized carbons (Fsp3) is 0.222. The van der Waals surface area contributed by atoms with E-state index in [2.05, 4.69) is 0 Å². The molecule has 0 N–H and O–H groups in total. The SMILES string of the molecule is CC(=O)Oc1ccc(N(C)[O-])cc1. The second-order valence-corrected chi connectivity index (χ2v) is 2.59. The summed E-state index contributed by atoms with van der Waals surface area (Å²) in [5.41, 5.74) is 0.524. The van der Waals surface area contributed by atoms with Crippen molar-refractivity contribution in [3.63, 3.8) is 0 Å². The molecule has 1 aromatic carbocycles. The van der Waals surface area contributed by atoms with Crippen molar-refractivity contribution in [2.75, 3.05) is 12.1 Å². The summed E-state index contributed by atoms with van der Waals surface area (Å²) in [5, 5.41) is 11.5. The highest BCUT2D eigenvalue weighted by Gasteiger charge is 1.97. The lowest BCUT2D eigenvalue weighted by Gasteiger charge is -2.24. The van der Waals surface area contributed by atoms with Crippen LogP contribution in [0, 0.1) is 5.21 Å². The zero-order valence-corrected chi connectivity index (χ0v) is 7.48. The van der Waals surface area contributed by atoms with Crippen LogP contribution in [-0.4, -0.2) is 13.0 Å². The Labute approximate surface area is 76.3 Å². The highest BCUT2D eigenvalue weighted by atomic mass is 16.5. The molecule has 1 aromatic rings. The molecule has 13 heavy (non-hydrogen) atoms. The van der Waals surface area contributed by atoms with Crippen molar-refractivity contribution in [3.8, 4) is 5.75 Å². The van der Waals surface area contributed by atoms with E-state index < -0.39 is 0 Å². The van der Waals surface area contributed by atoms with Crippen molar-refractivity contribution in [2.45, 2.75) is 6.92 Å². The minimum atomic E-state index is -0.372. The number of rotatable bonds is 2. The molecule has 1 rings (SSSR count). The summed E-state index contributed by atoms with van der Waals surface area (Å²) in [6.07, 6.45) is 0. The van der Waals surface area contributed by atoms with E-state index in [4.69, 9.17) is 4.74 Å². The number of ether oxygens (including phenoxy) is 1. The maximum Gasteiger partial charge on any atom is 0.308 e. The molecule has 0 aliphatic carbocycles. The van der Waals surface area contributed by atoms with Crippen LogP contribution < -0.4 is 9.80 Å². The first kappa shape index (κ1) is 9.54. The number of benzene rings is 1. The van der Waals surface area contributed by atoms with Gasteiger partial charge in [-0.2, -0.15) is 0 Å². The first-order valence-electron chi connectivity index (χ1n) is 3.79. The van der Waals surface area contributed by atoms with Crippen LogP contribution in [0.15, 0.2) is 24.3 Å². The molecule has 70 valence electrons. The Morgan fingerprint density at radius 2 is 1.92 bits per heavy atom. The molecule has 0 aliphatic rings. The third kappa shape index (κ3) is 2.76. The molecular weight excluding hydrogens is 170 g/mol. The molecule has 0 saturated carbocycles. The fourth-order valence-corrected chi connectivity index (χ4v) is 0.890. The van der Waals surface area contributed by atoms with Gasteiger partial charge in [-0.1, -0.05) is 0 Å². The molecule has 0 spiro atoms. The largest absolute Gasteiger partial charge is 0.758 e. The molecule has 4 heteroatoms. The molecule has 0 amide bonds. The van der Waals surface area contributed by atoms with E-state index in [9.17, 15) is 10.0 Å². The van der Waals surface area contributed by atoms with Gasteiger partial charge in [-0.3, -0.25) is 4.79 Å². The van der Waals surface area contributed by atoms with Crippen LogP contribution in [-0.2, 0) is 4.79 Å². The second-order valence-electron chi connectivity index (χ2n) is 2.59. The summed E-state index contributed by atoms with van der Waals surface area (Å²) in [7, 11) is 1.40. The third-order valence-corrected chi connectivity index (χ3v) is 1.46. The van der Waals surface area contributed by atoms with Crippen molar-refractivity contribution >= 4 is 11.7 Å². The van der Waals surface area contributed by atoms with Gasteiger partial charge in [0.2, 0.25) is 0 Å². The fourth-order valence-electron chi connectivity index (χ4n) is 0.890. The Kier molecular flexibility index (Phi) is 2.87. The predicted octanol–water partition coefficient (Wildman–Crippen LogP) is 1.55. The molecule has 0 atom stereocenters. The van der Waals surface area contributed by atoms with E-state index in [1.807, 2.05) is 0 Å². The molecule has 0 aliphatic heterocycles. The number of anilines is 1. The Morgan fingerprint density at radius 3 is 2.31 bits per heavy atom. The number of hydrogen-bond donors (Lipinski definition) is 0. The van der Waals surface area contributed by atoms with Crippen LogP contribution in [0.25, 0.3) is 0 Å². The van der Waals surface area contributed by atoms with Crippen LogP contribution in [0.4, 0.5) is 5.69 Å². The molecule has 0 radical (unpaired) electrons. The topological polar surface area (TPSA) is 52.6 Å². The number of hydroxylamine groups is 1. The average Bonchev–Trinajstić information content (AvgIpc) is 2.04. The van der Waals surface area contributed by atoms with Gasteiger partial charge >= 0.3 is 5.97 Å². The molecular formula is C9H10NO3-. The monoisotopic (exact) mass is 180 g/mol. The average molecular weight is 180 g/mol. The zero-order chi connectivity index (χ0) is 9.84. The van der Waals surface area contributed by atoms with E-state index in [0.29, 0.717) is 11.4 Å². The summed E-state index contributed by atoms with van der Waals surface area (Å²) in [4.78, 5) is 10.5. The second kappa shape index (κ2) is 3.91. The standard InChI is InChI=1S/C9H10NO3/c1-7(11)13-9-5-3-8(4-6-9)10(2)12/h3-6H,1-2H3/q-1. The first-order valence-corrected chi connectivity index (χ1v) is 3.79. The van der Waals surface area contributed by atoms with Crippen molar-refractivity contribution in [1.29, 1.82) is 0 Å². The van der Waals surface area contributed by atoms with Gasteiger partial charge in [0.1, 0.15) is 5.75 Å². The van der Waals surface area contributed by atoms with E-state index in [0.717, 1.165) is 5.06 Å². The molecule has 0 saturated heterocycles. The van der Waals surface area contributed by atoms with E-state index in [-0.39, 0.29) is 5.97 Å². The molecule has 0 unspecified atom stereocenters. The van der Waals surface area contributed by atoms with Crippen LogP contribution >= 0.6 is 0 Å². The zero-order valence-electron chi connectivity index (χ0n) is 7.48. The van der Waals surface area contributed by atoms with Crippen LogP contribution in [0.3, 0.4) is 0 Å². The van der Waals surface area contributed by atoms with Gasteiger partial charge in [0.25, 0.3) is 0 Å². The lowest BCUT2D eigenvalue weighted by Crippen LogP contribution is -2.06. The number of carbonyl (C=O) groups is 1. The van der Waals surface area contributed by atoms with Crippen LogP contribution in [0.2, 0.25) is 0 Å². The normalized spacial score (nSPS) is 9.46. The van der Waals surface area contributed by atoms with Crippen molar-refractivity contribution in [1.82, 2.24) is 0 Å². The Balaban J connectivity index is 2.75. The maximum absolute atomic E-state index is 10.8. The maximum atomic E-state index is 10.8. The van der Waals surface area contributed by atoms with E-state index >= 15 is 0 Å². The smallest absolute Gasteiger partial charge is 0.308 e. The minimum Gasteiger partial charge on any atom is -0.758 e. The number of esters is 1. The lowest BCUT2D eigenvalue weighted by molar-refractivity contribution is -0.131. The highest BCUT2D eigenvalue weighted by Crippen LogP contribution is 2.17. The summed E-state index contributed by atoms with van der Waals surface area (Å²) < 4.78 is 4.79. The minimum absolute atomic E-state index is 0.372. The van der Waals surface area contributed by atoms with Gasteiger partial charge in [-0.25, -0.2) is 0 Å². The summed E-state index contributed by atoms with van der Waals surface area (Å²) in [6.45, 7) is 1.33. The van der Waals surface area contributed by atoms with E-state index in [1.54, 1.807) is 24.3 Å². The Morgan fingerprint density at radius 1 is 1.38 bits per heavy atom. The first-order chi connectivity index (χ1) is 6.09. The lowest BCUT2D eigenvalue weighted by atomic mass is 10.3. The molecule has 0 bridgehead atoms. The number of nitrogens with zero attached hydrogens (tertiary/aromatic N) is 1. The Bertz CT molecular complexity index is 292. The van der Waals surface area contributed by atoms with E-state index in [1.165, 1.54) is 14.0 Å². The van der Waals surface area contributed by atoms with Gasteiger partial charge in [0.15, 0.2) is 0 Å². The number of hydrogen-bond acceptors (Lipinski definition) is 4. The summed E-state index contributed by atoms with van der Waals surface area (Å²) in [5.74, 6) is 0.0707. The van der Waals surface area contributed by atoms with Gasteiger partial charge in [0.05, 0.1) is 0 Å². The molecule has 0 aromatic heterocycles. The summed E-state index contributed by atoms with van der Waals surface area (Å²) in [6, 6.07) is 6.33. The van der Waals surface area contributed by atoms with Gasteiger partial charge in [0, 0.05) is 12.6 Å². The highest BCUT2D eigenvalue weighted by molar-refractivity contribution is 5.69. The Hall–Kier alpha value is -1.55. The van der Waals surface area contributed by atoms with Crippen LogP contribution in [0.1, 0.15) is 6.92 Å². The third-order valence-electron chi connectivity index (χ3n) is 1.46.